The van der Waals surface area contributed by atoms with E-state index in [9.17, 15) is 9.90 Å². The van der Waals surface area contributed by atoms with E-state index in [2.05, 4.69) is 10.3 Å². The van der Waals surface area contributed by atoms with Crippen molar-refractivity contribution in [3.63, 3.8) is 0 Å². The number of nitrogens with one attached hydrogen (secondary N) is 1. The molecule has 0 bridgehead atoms. The van der Waals surface area contributed by atoms with E-state index in [-0.39, 0.29) is 17.7 Å². The van der Waals surface area contributed by atoms with E-state index in [1.807, 2.05) is 62.4 Å². The van der Waals surface area contributed by atoms with Crippen molar-refractivity contribution < 1.29 is 9.90 Å². The highest BCUT2D eigenvalue weighted by atomic mass is 16.3. The fraction of sp³-hybridized carbons (Fsp3) is 0.429. The predicted molar refractivity (Wildman–Crippen MR) is 103 cm³/mol. The average Bonchev–Trinajstić information content (AvgIpc) is 2.65. The molecule has 0 saturated heterocycles. The van der Waals surface area contributed by atoms with Gasteiger partial charge in [-0.25, -0.2) is 0 Å². The maximum absolute atomic E-state index is 12.6. The summed E-state index contributed by atoms with van der Waals surface area (Å²) in [6.07, 6.45) is 1.90. The van der Waals surface area contributed by atoms with E-state index in [1.54, 1.807) is 6.20 Å². The number of amides is 1. The Hall–Kier alpha value is -2.24. The number of hydrogen-bond donors (Lipinski definition) is 3. The molecule has 5 nitrogen and oxygen atoms in total. The first kappa shape index (κ1) is 20.1. The van der Waals surface area contributed by atoms with E-state index in [1.165, 1.54) is 0 Å². The van der Waals surface area contributed by atoms with Gasteiger partial charge in [0.1, 0.15) is 0 Å². The number of benzene rings is 1. The zero-order valence-corrected chi connectivity index (χ0v) is 15.5. The summed E-state index contributed by atoms with van der Waals surface area (Å²) >= 11 is 0. The first-order chi connectivity index (χ1) is 12.5. The van der Waals surface area contributed by atoms with Crippen LogP contribution in [-0.2, 0) is 17.8 Å². The Labute approximate surface area is 155 Å². The largest absolute Gasteiger partial charge is 0.391 e. The molecule has 0 spiro atoms. The maximum atomic E-state index is 12.6. The second-order valence-electron chi connectivity index (χ2n) is 7.05. The van der Waals surface area contributed by atoms with E-state index < -0.39 is 12.1 Å². The summed E-state index contributed by atoms with van der Waals surface area (Å²) in [5.74, 6) is -0.260. The highest BCUT2D eigenvalue weighted by Gasteiger charge is 2.27. The Kier molecular flexibility index (Phi) is 7.75. The van der Waals surface area contributed by atoms with Gasteiger partial charge in [0.15, 0.2) is 0 Å². The summed E-state index contributed by atoms with van der Waals surface area (Å²) in [6, 6.07) is 15.0. The van der Waals surface area contributed by atoms with Crippen molar-refractivity contribution in [3.05, 3.63) is 66.0 Å². The summed E-state index contributed by atoms with van der Waals surface area (Å²) in [7, 11) is 0. The lowest BCUT2D eigenvalue weighted by Gasteiger charge is -2.26. The molecule has 140 valence electrons. The third-order valence-corrected chi connectivity index (χ3v) is 4.62. The van der Waals surface area contributed by atoms with Gasteiger partial charge in [0.2, 0.25) is 5.91 Å². The number of hydrogen-bond acceptors (Lipinski definition) is 4. The number of carbonyl (C=O) groups excluding carboxylic acids is 1. The van der Waals surface area contributed by atoms with Crippen LogP contribution in [0.1, 0.15) is 31.5 Å². The number of rotatable bonds is 9. The molecule has 0 aliphatic rings. The molecule has 5 heteroatoms. The van der Waals surface area contributed by atoms with Crippen molar-refractivity contribution in [2.75, 3.05) is 0 Å². The highest BCUT2D eigenvalue weighted by molar-refractivity contribution is 5.78. The molecule has 0 unspecified atom stereocenters. The van der Waals surface area contributed by atoms with Gasteiger partial charge in [-0.3, -0.25) is 9.78 Å². The molecular weight excluding hydrogens is 326 g/mol. The Morgan fingerprint density at radius 3 is 2.46 bits per heavy atom. The molecule has 0 aliphatic heterocycles. The van der Waals surface area contributed by atoms with Gasteiger partial charge >= 0.3 is 0 Å². The second kappa shape index (κ2) is 10.0. The van der Waals surface area contributed by atoms with Crippen LogP contribution in [0.5, 0.6) is 0 Å². The first-order valence-corrected chi connectivity index (χ1v) is 9.12. The quantitative estimate of drug-likeness (QED) is 0.644. The fourth-order valence-electron chi connectivity index (χ4n) is 2.95. The van der Waals surface area contributed by atoms with Gasteiger partial charge < -0.3 is 16.2 Å². The van der Waals surface area contributed by atoms with Crippen molar-refractivity contribution >= 4 is 5.91 Å². The van der Waals surface area contributed by atoms with E-state index >= 15 is 0 Å². The van der Waals surface area contributed by atoms with E-state index in [4.69, 9.17) is 5.73 Å². The normalized spacial score (nSPS) is 14.7. The third kappa shape index (κ3) is 6.24. The summed E-state index contributed by atoms with van der Waals surface area (Å²) < 4.78 is 0. The van der Waals surface area contributed by atoms with E-state index in [0.29, 0.717) is 19.4 Å². The van der Waals surface area contributed by atoms with Crippen molar-refractivity contribution in [3.8, 4) is 0 Å². The van der Waals surface area contributed by atoms with Crippen LogP contribution in [0, 0.1) is 11.8 Å². The minimum Gasteiger partial charge on any atom is -0.391 e. The van der Waals surface area contributed by atoms with Crippen LogP contribution >= 0.6 is 0 Å². The number of aliphatic hydroxyl groups excluding tert-OH is 1. The zero-order valence-electron chi connectivity index (χ0n) is 15.5. The molecule has 0 aliphatic carbocycles. The SMILES string of the molecule is CC(C)[C@H](C[C@H](O)[C@@H](N)Cc1ccccc1)C(=O)NCc1ccccn1. The van der Waals surface area contributed by atoms with Crippen LogP contribution in [0.4, 0.5) is 0 Å². The molecule has 26 heavy (non-hydrogen) atoms. The topological polar surface area (TPSA) is 88.2 Å². The number of aromatic nitrogens is 1. The summed E-state index contributed by atoms with van der Waals surface area (Å²) in [4.78, 5) is 16.8. The van der Waals surface area contributed by atoms with Gasteiger partial charge in [0.25, 0.3) is 0 Å². The van der Waals surface area contributed by atoms with Crippen LogP contribution in [0.15, 0.2) is 54.7 Å². The smallest absolute Gasteiger partial charge is 0.223 e. The summed E-state index contributed by atoms with van der Waals surface area (Å²) in [6.45, 7) is 4.36. The zero-order chi connectivity index (χ0) is 18.9. The highest BCUT2D eigenvalue weighted by Crippen LogP contribution is 2.20. The molecule has 4 N–H and O–H groups in total. The molecule has 2 aromatic rings. The van der Waals surface area contributed by atoms with Crippen molar-refractivity contribution in [2.45, 2.75) is 45.4 Å². The minimum absolute atomic E-state index is 0.0726. The lowest BCUT2D eigenvalue weighted by atomic mass is 9.86. The van der Waals surface area contributed by atoms with Gasteiger partial charge in [-0.15, -0.1) is 0 Å². The number of pyridine rings is 1. The number of aliphatic hydroxyl groups is 1. The monoisotopic (exact) mass is 355 g/mol. The van der Waals surface area contributed by atoms with Gasteiger partial charge in [0, 0.05) is 18.2 Å². The van der Waals surface area contributed by atoms with Crippen LogP contribution in [0.25, 0.3) is 0 Å². The van der Waals surface area contributed by atoms with Crippen LogP contribution in [0.3, 0.4) is 0 Å². The molecule has 0 fully saturated rings. The van der Waals surface area contributed by atoms with Crippen LogP contribution < -0.4 is 11.1 Å². The maximum Gasteiger partial charge on any atom is 0.223 e. The summed E-state index contributed by atoms with van der Waals surface area (Å²) in [5, 5.41) is 13.4. The lowest BCUT2D eigenvalue weighted by molar-refractivity contribution is -0.127. The fourth-order valence-corrected chi connectivity index (χ4v) is 2.95. The predicted octanol–water partition coefficient (Wildman–Crippen LogP) is 2.29. The van der Waals surface area contributed by atoms with Crippen LogP contribution in [0.2, 0.25) is 0 Å². The second-order valence-corrected chi connectivity index (χ2v) is 7.05. The van der Waals surface area contributed by atoms with Gasteiger partial charge in [-0.1, -0.05) is 50.2 Å². The minimum atomic E-state index is -0.733. The van der Waals surface area contributed by atoms with Gasteiger partial charge in [-0.2, -0.15) is 0 Å². The van der Waals surface area contributed by atoms with E-state index in [0.717, 1.165) is 11.3 Å². The van der Waals surface area contributed by atoms with Crippen molar-refractivity contribution in [1.82, 2.24) is 10.3 Å². The van der Waals surface area contributed by atoms with Crippen LogP contribution in [-0.4, -0.2) is 28.1 Å². The Bertz CT molecular complexity index is 661. The summed E-state index contributed by atoms with van der Waals surface area (Å²) in [5.41, 5.74) is 8.06. The molecule has 0 radical (unpaired) electrons. The molecular formula is C21H29N3O2. The average molecular weight is 355 g/mol. The molecule has 3 atom stereocenters. The standard InChI is InChI=1S/C21H29N3O2/c1-15(2)18(21(26)24-14-17-10-6-7-11-23-17)13-20(25)19(22)12-16-8-4-3-5-9-16/h3-11,15,18-20,25H,12-14,22H2,1-2H3,(H,24,26)/t18-,19-,20-/m0/s1. The van der Waals surface area contributed by atoms with Gasteiger partial charge in [-0.05, 0) is 36.5 Å². The molecule has 1 aromatic carbocycles. The molecule has 1 amide bonds. The molecule has 1 heterocycles. The first-order valence-electron chi connectivity index (χ1n) is 9.12. The Morgan fingerprint density at radius 2 is 1.85 bits per heavy atom. The van der Waals surface area contributed by atoms with Gasteiger partial charge in [0.05, 0.1) is 18.3 Å². The van der Waals surface area contributed by atoms with Crippen molar-refractivity contribution in [1.29, 1.82) is 0 Å². The van der Waals surface area contributed by atoms with Crippen molar-refractivity contribution in [2.24, 2.45) is 17.6 Å². The Balaban J connectivity index is 1.90. The number of nitrogens with two attached hydrogens (primary N) is 1. The molecule has 1 aromatic heterocycles. The number of nitrogens with zero attached hydrogens (tertiary/aromatic N) is 1. The lowest BCUT2D eigenvalue weighted by Crippen LogP contribution is -2.42. The molecule has 0 saturated carbocycles. The number of carbonyl (C=O) groups is 1. The third-order valence-electron chi connectivity index (χ3n) is 4.62. The molecule has 2 rings (SSSR count). The Morgan fingerprint density at radius 1 is 1.15 bits per heavy atom.